The van der Waals surface area contributed by atoms with Crippen LogP contribution in [0.1, 0.15) is 63.0 Å². The van der Waals surface area contributed by atoms with Crippen molar-refractivity contribution in [3.8, 4) is 0 Å². The van der Waals surface area contributed by atoms with Crippen LogP contribution in [0.5, 0.6) is 0 Å². The van der Waals surface area contributed by atoms with Gasteiger partial charge in [-0.25, -0.2) is 4.79 Å². The molecule has 0 spiro atoms. The Labute approximate surface area is 185 Å². The summed E-state index contributed by atoms with van der Waals surface area (Å²) in [6.07, 6.45) is 9.35. The van der Waals surface area contributed by atoms with Crippen molar-refractivity contribution in [2.45, 2.75) is 75.9 Å². The minimum absolute atomic E-state index is 0.0428. The summed E-state index contributed by atoms with van der Waals surface area (Å²) >= 11 is 0. The molecule has 2 bridgehead atoms. The van der Waals surface area contributed by atoms with E-state index in [0.29, 0.717) is 23.6 Å². The van der Waals surface area contributed by atoms with Crippen LogP contribution in [0.3, 0.4) is 0 Å². The normalized spacial score (nSPS) is 28.2. The number of piperidine rings is 2. The highest BCUT2D eigenvalue weighted by atomic mass is 16.2. The van der Waals surface area contributed by atoms with Gasteiger partial charge in [0.25, 0.3) is 5.56 Å². The smallest absolute Gasteiger partial charge is 0.319 e. The van der Waals surface area contributed by atoms with Crippen molar-refractivity contribution < 1.29 is 4.79 Å². The number of likely N-dealkylation sites (tertiary alicyclic amines) is 2. The van der Waals surface area contributed by atoms with E-state index in [4.69, 9.17) is 0 Å². The topological polar surface area (TPSA) is 69.6 Å². The predicted octanol–water partition coefficient (Wildman–Crippen LogP) is 2.82. The van der Waals surface area contributed by atoms with Crippen molar-refractivity contribution in [1.29, 1.82) is 0 Å². The van der Waals surface area contributed by atoms with Gasteiger partial charge in [0, 0.05) is 43.3 Å². The first-order chi connectivity index (χ1) is 15.1. The molecule has 0 radical (unpaired) electrons. The second-order valence-electron chi connectivity index (χ2n) is 10.3. The highest BCUT2D eigenvalue weighted by Crippen LogP contribution is 2.37. The molecule has 3 fully saturated rings. The number of hydrogen-bond acceptors (Lipinski definition) is 4. The van der Waals surface area contributed by atoms with Crippen molar-refractivity contribution in [3.05, 3.63) is 28.2 Å². The van der Waals surface area contributed by atoms with Gasteiger partial charge in [-0.05, 0) is 70.3 Å². The van der Waals surface area contributed by atoms with Gasteiger partial charge in [0.05, 0.1) is 0 Å². The SMILES string of the molecule is CN1CCC(N2C[C@H]3C[C@H](C2)c2ccc(NC(=O)NC4CCCCC4)c(=O)n2C3)CC1. The summed E-state index contributed by atoms with van der Waals surface area (Å²) in [5.41, 5.74) is 1.51. The molecule has 1 aromatic rings. The summed E-state index contributed by atoms with van der Waals surface area (Å²) in [5.74, 6) is 0.944. The van der Waals surface area contributed by atoms with E-state index in [1.165, 1.54) is 51.6 Å². The molecule has 0 aromatic carbocycles. The Balaban J connectivity index is 1.27. The summed E-state index contributed by atoms with van der Waals surface area (Å²) in [5, 5.41) is 5.89. The van der Waals surface area contributed by atoms with E-state index in [9.17, 15) is 9.59 Å². The second kappa shape index (κ2) is 8.94. The number of nitrogens with zero attached hydrogens (tertiary/aromatic N) is 3. The first-order valence-electron chi connectivity index (χ1n) is 12.3. The average molecular weight is 428 g/mol. The lowest BCUT2D eigenvalue weighted by Gasteiger charge is -2.47. The van der Waals surface area contributed by atoms with Gasteiger partial charge in [0.15, 0.2) is 0 Å². The number of carbonyl (C=O) groups is 1. The molecule has 31 heavy (non-hydrogen) atoms. The first-order valence-corrected chi connectivity index (χ1v) is 12.3. The average Bonchev–Trinajstić information content (AvgIpc) is 2.77. The lowest BCUT2D eigenvalue weighted by Crippen LogP contribution is -2.53. The maximum Gasteiger partial charge on any atom is 0.319 e. The Morgan fingerprint density at radius 2 is 1.77 bits per heavy atom. The van der Waals surface area contributed by atoms with Gasteiger partial charge in [-0.2, -0.15) is 0 Å². The molecular formula is C24H37N5O2. The molecule has 7 nitrogen and oxygen atoms in total. The first kappa shape index (κ1) is 21.0. The second-order valence-corrected chi connectivity index (χ2v) is 10.3. The summed E-state index contributed by atoms with van der Waals surface area (Å²) in [6.45, 7) is 5.29. The van der Waals surface area contributed by atoms with E-state index < -0.39 is 0 Å². The molecule has 0 unspecified atom stereocenters. The minimum atomic E-state index is -0.242. The lowest BCUT2D eigenvalue weighted by atomic mass is 9.82. The molecule has 2 N–H and O–H groups in total. The van der Waals surface area contributed by atoms with Crippen LogP contribution in [0, 0.1) is 5.92 Å². The molecule has 2 amide bonds. The zero-order chi connectivity index (χ0) is 21.4. The maximum atomic E-state index is 13.2. The maximum absolute atomic E-state index is 13.2. The number of fused-ring (bicyclic) bond motifs is 4. The van der Waals surface area contributed by atoms with E-state index in [-0.39, 0.29) is 17.6 Å². The number of aromatic nitrogens is 1. The van der Waals surface area contributed by atoms with Crippen LogP contribution in [0.2, 0.25) is 0 Å². The Bertz CT molecular complexity index is 854. The molecule has 1 aliphatic carbocycles. The van der Waals surface area contributed by atoms with E-state index in [1.807, 2.05) is 10.6 Å². The molecule has 2 atom stereocenters. The van der Waals surface area contributed by atoms with E-state index in [1.54, 1.807) is 0 Å². The fourth-order valence-corrected chi connectivity index (χ4v) is 6.33. The van der Waals surface area contributed by atoms with Gasteiger partial charge in [-0.3, -0.25) is 9.69 Å². The van der Waals surface area contributed by atoms with Crippen LogP contribution in [-0.4, -0.2) is 65.7 Å². The van der Waals surface area contributed by atoms with Crippen LogP contribution in [0.15, 0.2) is 16.9 Å². The summed E-state index contributed by atoms with van der Waals surface area (Å²) < 4.78 is 1.95. The van der Waals surface area contributed by atoms with Gasteiger partial charge in [0.1, 0.15) is 5.69 Å². The van der Waals surface area contributed by atoms with Crippen molar-refractivity contribution in [1.82, 2.24) is 19.7 Å². The molecule has 2 saturated heterocycles. The standard InChI is InChI=1S/C24H37N5O2/c1-27-11-9-20(10-12-27)28-14-17-13-18(16-28)22-8-7-21(23(30)29(22)15-17)26-24(31)25-19-5-3-2-4-6-19/h7-8,17-20H,2-6,9-16H2,1H3,(H2,25,26,31)/t17-,18-/m1/s1. The van der Waals surface area contributed by atoms with Gasteiger partial charge in [-0.1, -0.05) is 19.3 Å². The fraction of sp³-hybridized carbons (Fsp3) is 0.750. The van der Waals surface area contributed by atoms with Crippen LogP contribution in [0.25, 0.3) is 0 Å². The number of carbonyl (C=O) groups excluding carboxylic acids is 1. The fourth-order valence-electron chi connectivity index (χ4n) is 6.33. The molecule has 3 aliphatic heterocycles. The van der Waals surface area contributed by atoms with Gasteiger partial charge in [-0.15, -0.1) is 0 Å². The molecule has 1 saturated carbocycles. The largest absolute Gasteiger partial charge is 0.335 e. The molecule has 5 rings (SSSR count). The van der Waals surface area contributed by atoms with Crippen molar-refractivity contribution in [2.24, 2.45) is 5.92 Å². The Hall–Kier alpha value is -1.86. The molecule has 4 heterocycles. The third kappa shape index (κ3) is 4.53. The van der Waals surface area contributed by atoms with Crippen molar-refractivity contribution >= 4 is 11.7 Å². The lowest BCUT2D eigenvalue weighted by molar-refractivity contribution is 0.0517. The quantitative estimate of drug-likeness (QED) is 0.778. The van der Waals surface area contributed by atoms with Crippen LogP contribution in [-0.2, 0) is 6.54 Å². The van der Waals surface area contributed by atoms with Crippen LogP contribution < -0.4 is 16.2 Å². The van der Waals surface area contributed by atoms with Gasteiger partial charge in [0.2, 0.25) is 0 Å². The van der Waals surface area contributed by atoms with Gasteiger partial charge < -0.3 is 20.1 Å². The minimum Gasteiger partial charge on any atom is -0.335 e. The van der Waals surface area contributed by atoms with Crippen molar-refractivity contribution in [3.63, 3.8) is 0 Å². The number of pyridine rings is 1. The third-order valence-corrected chi connectivity index (χ3v) is 8.03. The molecule has 4 aliphatic rings. The highest BCUT2D eigenvalue weighted by molar-refractivity contribution is 5.89. The van der Waals surface area contributed by atoms with Crippen molar-refractivity contribution in [2.75, 3.05) is 38.5 Å². The number of hydrogen-bond donors (Lipinski definition) is 2. The number of rotatable bonds is 3. The van der Waals surface area contributed by atoms with E-state index in [2.05, 4.69) is 33.5 Å². The summed E-state index contributed by atoms with van der Waals surface area (Å²) in [6, 6.07) is 4.58. The Morgan fingerprint density at radius 3 is 2.55 bits per heavy atom. The van der Waals surface area contributed by atoms with Crippen LogP contribution in [0.4, 0.5) is 10.5 Å². The molecular weight excluding hydrogens is 390 g/mol. The van der Waals surface area contributed by atoms with Crippen LogP contribution >= 0.6 is 0 Å². The van der Waals surface area contributed by atoms with Gasteiger partial charge >= 0.3 is 6.03 Å². The van der Waals surface area contributed by atoms with E-state index in [0.717, 1.165) is 38.2 Å². The number of nitrogens with one attached hydrogen (secondary N) is 2. The Kier molecular flexibility index (Phi) is 6.06. The number of anilines is 1. The molecule has 170 valence electrons. The monoisotopic (exact) mass is 427 g/mol. The Morgan fingerprint density at radius 1 is 1.00 bits per heavy atom. The zero-order valence-electron chi connectivity index (χ0n) is 18.8. The number of amides is 2. The van der Waals surface area contributed by atoms with E-state index >= 15 is 0 Å². The zero-order valence-corrected chi connectivity index (χ0v) is 18.8. The summed E-state index contributed by atoms with van der Waals surface area (Å²) in [4.78, 5) is 30.8. The number of urea groups is 1. The predicted molar refractivity (Wildman–Crippen MR) is 123 cm³/mol. The molecule has 1 aromatic heterocycles. The molecule has 7 heteroatoms. The summed E-state index contributed by atoms with van der Waals surface area (Å²) in [7, 11) is 2.21. The highest BCUT2D eigenvalue weighted by Gasteiger charge is 2.37. The third-order valence-electron chi connectivity index (χ3n) is 8.03.